The molecule has 2 atom stereocenters. The molecular formula is C10H22O. The van der Waals surface area contributed by atoms with Crippen LogP contribution in [-0.2, 0) is 0 Å². The van der Waals surface area contributed by atoms with E-state index in [1.807, 2.05) is 0 Å². The van der Waals surface area contributed by atoms with Crippen molar-refractivity contribution in [3.63, 3.8) is 0 Å². The van der Waals surface area contributed by atoms with Crippen molar-refractivity contribution in [2.24, 2.45) is 17.8 Å². The molecule has 1 rings (SSSR count). The Kier molecular flexibility index (Phi) is 5.57. The molecule has 0 saturated heterocycles. The lowest BCUT2D eigenvalue weighted by Crippen LogP contribution is -2.21. The van der Waals surface area contributed by atoms with Crippen LogP contribution in [0.2, 0.25) is 0 Å². The molecule has 11 heavy (non-hydrogen) atoms. The van der Waals surface area contributed by atoms with Gasteiger partial charge in [0, 0.05) is 7.11 Å². The second-order valence-corrected chi connectivity index (χ2v) is 3.74. The Hall–Kier alpha value is -0.0400. The van der Waals surface area contributed by atoms with E-state index in [1.165, 1.54) is 19.3 Å². The van der Waals surface area contributed by atoms with Crippen LogP contribution in [0.15, 0.2) is 0 Å². The van der Waals surface area contributed by atoms with E-state index in [-0.39, 0.29) is 0 Å². The molecular weight excluding hydrogens is 136 g/mol. The van der Waals surface area contributed by atoms with E-state index in [9.17, 15) is 0 Å². The normalized spacial score (nSPS) is 37.4. The lowest BCUT2D eigenvalue weighted by atomic mass is 9.75. The average Bonchev–Trinajstić information content (AvgIpc) is 2.04. The third kappa shape index (κ3) is 3.24. The van der Waals surface area contributed by atoms with Crippen molar-refractivity contribution in [1.29, 1.82) is 0 Å². The highest BCUT2D eigenvalue weighted by Crippen LogP contribution is 2.33. The monoisotopic (exact) mass is 158 g/mol. The predicted octanol–water partition coefficient (Wildman–Crippen LogP) is 2.69. The van der Waals surface area contributed by atoms with Crippen molar-refractivity contribution in [2.75, 3.05) is 7.11 Å². The van der Waals surface area contributed by atoms with Crippen LogP contribution in [0.25, 0.3) is 0 Å². The Balaban J connectivity index is 0.000000461. The quantitative estimate of drug-likeness (QED) is 0.574. The summed E-state index contributed by atoms with van der Waals surface area (Å²) < 4.78 is 0. The third-order valence-electron chi connectivity index (χ3n) is 3.11. The van der Waals surface area contributed by atoms with Gasteiger partial charge in [-0.2, -0.15) is 0 Å². The minimum Gasteiger partial charge on any atom is -0.400 e. The molecule has 2 unspecified atom stereocenters. The standard InChI is InChI=1S/C9H18.CH4O/c1-7-5-4-6-8(2)9(7)3;1-2/h7-9H,4-6H2,1-3H3;2H,1H3. The van der Waals surface area contributed by atoms with Gasteiger partial charge in [0.25, 0.3) is 0 Å². The van der Waals surface area contributed by atoms with Gasteiger partial charge in [0.05, 0.1) is 0 Å². The number of hydrogen-bond donors (Lipinski definition) is 1. The van der Waals surface area contributed by atoms with Crippen molar-refractivity contribution >= 4 is 0 Å². The molecule has 0 aromatic rings. The molecule has 0 aliphatic heterocycles. The van der Waals surface area contributed by atoms with Crippen LogP contribution in [-0.4, -0.2) is 12.2 Å². The van der Waals surface area contributed by atoms with Crippen molar-refractivity contribution in [3.05, 3.63) is 0 Å². The molecule has 1 aliphatic rings. The molecule has 68 valence electrons. The Morgan fingerprint density at radius 2 is 1.27 bits per heavy atom. The lowest BCUT2D eigenvalue weighted by molar-refractivity contribution is 0.197. The number of aliphatic hydroxyl groups excluding tert-OH is 1. The summed E-state index contributed by atoms with van der Waals surface area (Å²) in [5.74, 6) is 2.93. The highest BCUT2D eigenvalue weighted by molar-refractivity contribution is 4.73. The highest BCUT2D eigenvalue weighted by Gasteiger charge is 2.22. The zero-order chi connectivity index (χ0) is 8.85. The first kappa shape index (κ1) is 11.0. The summed E-state index contributed by atoms with van der Waals surface area (Å²) in [5, 5.41) is 7.00. The fraction of sp³-hybridized carbons (Fsp3) is 1.00. The molecule has 0 spiro atoms. The summed E-state index contributed by atoms with van der Waals surface area (Å²) in [6, 6.07) is 0. The first-order valence-electron chi connectivity index (χ1n) is 4.66. The summed E-state index contributed by atoms with van der Waals surface area (Å²) in [7, 11) is 1.00. The van der Waals surface area contributed by atoms with Gasteiger partial charge in [-0.1, -0.05) is 40.0 Å². The van der Waals surface area contributed by atoms with Crippen LogP contribution in [0.1, 0.15) is 40.0 Å². The fourth-order valence-electron chi connectivity index (χ4n) is 1.85. The van der Waals surface area contributed by atoms with Gasteiger partial charge in [-0.15, -0.1) is 0 Å². The largest absolute Gasteiger partial charge is 0.400 e. The molecule has 1 aliphatic carbocycles. The van der Waals surface area contributed by atoms with Crippen LogP contribution in [0, 0.1) is 17.8 Å². The van der Waals surface area contributed by atoms with Gasteiger partial charge in [0.2, 0.25) is 0 Å². The Labute approximate surface area is 70.8 Å². The van der Waals surface area contributed by atoms with E-state index in [2.05, 4.69) is 20.8 Å². The Bertz CT molecular complexity index is 80.9. The smallest absolute Gasteiger partial charge is 0.0319 e. The van der Waals surface area contributed by atoms with Crippen LogP contribution in [0.4, 0.5) is 0 Å². The molecule has 0 aromatic heterocycles. The van der Waals surface area contributed by atoms with Gasteiger partial charge in [-0.25, -0.2) is 0 Å². The van der Waals surface area contributed by atoms with Gasteiger partial charge in [-0.05, 0) is 17.8 Å². The van der Waals surface area contributed by atoms with Crippen LogP contribution in [0.5, 0.6) is 0 Å². The first-order valence-corrected chi connectivity index (χ1v) is 4.66. The predicted molar refractivity (Wildman–Crippen MR) is 49.5 cm³/mol. The topological polar surface area (TPSA) is 20.2 Å². The maximum absolute atomic E-state index is 7.00. The second-order valence-electron chi connectivity index (χ2n) is 3.74. The number of rotatable bonds is 0. The molecule has 0 amide bonds. The molecule has 0 bridgehead atoms. The van der Waals surface area contributed by atoms with Crippen molar-refractivity contribution in [2.45, 2.75) is 40.0 Å². The van der Waals surface area contributed by atoms with Gasteiger partial charge in [0.1, 0.15) is 0 Å². The van der Waals surface area contributed by atoms with Gasteiger partial charge in [0.15, 0.2) is 0 Å². The number of aliphatic hydroxyl groups is 1. The molecule has 1 heteroatoms. The average molecular weight is 158 g/mol. The van der Waals surface area contributed by atoms with Crippen molar-refractivity contribution < 1.29 is 5.11 Å². The Morgan fingerprint density at radius 1 is 0.909 bits per heavy atom. The van der Waals surface area contributed by atoms with E-state index in [0.717, 1.165) is 24.9 Å². The van der Waals surface area contributed by atoms with Crippen molar-refractivity contribution in [1.82, 2.24) is 0 Å². The van der Waals surface area contributed by atoms with Gasteiger partial charge < -0.3 is 5.11 Å². The maximum Gasteiger partial charge on any atom is 0.0319 e. The SMILES string of the molecule is CC1CCCC(C)C1C.CO. The second kappa shape index (κ2) is 5.59. The van der Waals surface area contributed by atoms with Crippen LogP contribution >= 0.6 is 0 Å². The highest BCUT2D eigenvalue weighted by atomic mass is 16.2. The minimum absolute atomic E-state index is 0.971. The molecule has 1 saturated carbocycles. The lowest BCUT2D eigenvalue weighted by Gasteiger charge is -2.31. The van der Waals surface area contributed by atoms with E-state index >= 15 is 0 Å². The van der Waals surface area contributed by atoms with E-state index < -0.39 is 0 Å². The zero-order valence-electron chi connectivity index (χ0n) is 8.30. The van der Waals surface area contributed by atoms with Crippen LogP contribution in [0.3, 0.4) is 0 Å². The molecule has 1 N–H and O–H groups in total. The number of hydrogen-bond acceptors (Lipinski definition) is 1. The molecule has 0 radical (unpaired) electrons. The zero-order valence-corrected chi connectivity index (χ0v) is 8.30. The molecule has 0 aromatic carbocycles. The summed E-state index contributed by atoms with van der Waals surface area (Å²) in [5.41, 5.74) is 0. The molecule has 1 fully saturated rings. The summed E-state index contributed by atoms with van der Waals surface area (Å²) in [4.78, 5) is 0. The van der Waals surface area contributed by atoms with Gasteiger partial charge in [-0.3, -0.25) is 0 Å². The first-order chi connectivity index (χ1) is 5.22. The summed E-state index contributed by atoms with van der Waals surface area (Å²) in [6.45, 7) is 7.18. The van der Waals surface area contributed by atoms with Gasteiger partial charge >= 0.3 is 0 Å². The maximum atomic E-state index is 7.00. The molecule has 1 nitrogen and oxygen atoms in total. The Morgan fingerprint density at radius 3 is 1.55 bits per heavy atom. The molecule has 0 heterocycles. The van der Waals surface area contributed by atoms with E-state index in [0.29, 0.717) is 0 Å². The van der Waals surface area contributed by atoms with Crippen molar-refractivity contribution in [3.8, 4) is 0 Å². The third-order valence-corrected chi connectivity index (χ3v) is 3.11. The fourth-order valence-corrected chi connectivity index (χ4v) is 1.85. The van der Waals surface area contributed by atoms with Crippen LogP contribution < -0.4 is 0 Å². The van der Waals surface area contributed by atoms with E-state index in [1.54, 1.807) is 0 Å². The summed E-state index contributed by atoms with van der Waals surface area (Å²) >= 11 is 0. The summed E-state index contributed by atoms with van der Waals surface area (Å²) in [6.07, 6.45) is 4.39. The van der Waals surface area contributed by atoms with E-state index in [4.69, 9.17) is 5.11 Å². The minimum atomic E-state index is 0.971.